The van der Waals surface area contributed by atoms with Crippen molar-refractivity contribution in [1.29, 1.82) is 0 Å². The molecule has 0 spiro atoms. The van der Waals surface area contributed by atoms with Crippen molar-refractivity contribution in [2.24, 2.45) is 0 Å². The molecule has 0 saturated carbocycles. The van der Waals surface area contributed by atoms with E-state index in [0.29, 0.717) is 26.3 Å². The Morgan fingerprint density at radius 2 is 1.92 bits per heavy atom. The molecule has 0 atom stereocenters. The Balaban J connectivity index is 1.93. The van der Waals surface area contributed by atoms with Crippen molar-refractivity contribution in [3.8, 4) is 11.3 Å². The van der Waals surface area contributed by atoms with Crippen LogP contribution in [-0.4, -0.2) is 25.6 Å². The fourth-order valence-corrected chi connectivity index (χ4v) is 4.21. The largest absolute Gasteiger partial charge is 0.456 e. The van der Waals surface area contributed by atoms with Crippen molar-refractivity contribution >= 4 is 46.0 Å². The van der Waals surface area contributed by atoms with Crippen LogP contribution in [0.4, 0.5) is 5.69 Å². The second-order valence-electron chi connectivity index (χ2n) is 6.66. The third kappa shape index (κ3) is 3.42. The molecule has 1 saturated heterocycles. The van der Waals surface area contributed by atoms with Crippen molar-refractivity contribution in [2.75, 3.05) is 0 Å². The van der Waals surface area contributed by atoms with Gasteiger partial charge in [0, 0.05) is 17.7 Å². The molecule has 0 N–H and O–H groups in total. The summed E-state index contributed by atoms with van der Waals surface area (Å²) in [7, 11) is 0. The van der Waals surface area contributed by atoms with Crippen LogP contribution in [0.25, 0.3) is 17.4 Å². The first-order valence-corrected chi connectivity index (χ1v) is 9.02. The highest BCUT2D eigenvalue weighted by Crippen LogP contribution is 2.38. The Kier molecular flexibility index (Phi) is 4.72. The molecule has 1 aliphatic heterocycles. The summed E-state index contributed by atoms with van der Waals surface area (Å²) < 4.78 is 6.22. The van der Waals surface area contributed by atoms with Crippen LogP contribution in [-0.2, 0) is 4.79 Å². The predicted octanol–water partition coefficient (Wildman–Crippen LogP) is 4.85. The molecule has 0 aliphatic carbocycles. The van der Waals surface area contributed by atoms with Gasteiger partial charge in [-0.3, -0.25) is 19.8 Å². The Bertz CT molecular complexity index is 941. The highest BCUT2D eigenvalue weighted by Gasteiger charge is 2.39. The van der Waals surface area contributed by atoms with E-state index in [1.54, 1.807) is 41.3 Å². The quantitative estimate of drug-likeness (QED) is 0.324. The van der Waals surface area contributed by atoms with E-state index in [4.69, 9.17) is 16.6 Å². The van der Waals surface area contributed by atoms with E-state index < -0.39 is 10.5 Å². The number of benzene rings is 1. The lowest BCUT2D eigenvalue weighted by Gasteiger charge is -2.30. The first-order valence-electron chi connectivity index (χ1n) is 7.80. The highest BCUT2D eigenvalue weighted by atomic mass is 32.2. The minimum atomic E-state index is -0.452. The van der Waals surface area contributed by atoms with E-state index in [-0.39, 0.29) is 11.6 Å². The summed E-state index contributed by atoms with van der Waals surface area (Å²) in [5.41, 5.74) is -0.0535. The Morgan fingerprint density at radius 3 is 2.54 bits per heavy atom. The van der Waals surface area contributed by atoms with Crippen LogP contribution in [0.15, 0.2) is 45.7 Å². The number of hydrogen-bond donors (Lipinski definition) is 0. The number of carbonyl (C=O) groups excluding carboxylic acids is 1. The van der Waals surface area contributed by atoms with Crippen LogP contribution in [0.1, 0.15) is 26.5 Å². The van der Waals surface area contributed by atoms with Gasteiger partial charge in [-0.1, -0.05) is 36.1 Å². The highest BCUT2D eigenvalue weighted by molar-refractivity contribution is 8.26. The van der Waals surface area contributed by atoms with Crippen molar-refractivity contribution in [3.05, 3.63) is 57.2 Å². The van der Waals surface area contributed by atoms with Crippen LogP contribution < -0.4 is 0 Å². The number of amides is 1. The van der Waals surface area contributed by atoms with E-state index >= 15 is 0 Å². The first kappa shape index (κ1) is 18.3. The van der Waals surface area contributed by atoms with Gasteiger partial charge in [-0.2, -0.15) is 0 Å². The summed E-state index contributed by atoms with van der Waals surface area (Å²) in [6.07, 6.45) is 1.61. The standard InChI is InChI=1S/C18H16N2O4S2/c1-18(2,3)19-16(21)15(26-17(19)25)10-11-8-9-14(24-11)12-6-4-5-7-13(12)20(22)23/h4-10H,1-3H3. The summed E-state index contributed by atoms with van der Waals surface area (Å²) in [6, 6.07) is 9.68. The third-order valence-corrected chi connectivity index (χ3v) is 5.03. The predicted molar refractivity (Wildman–Crippen MR) is 106 cm³/mol. The molecule has 1 aliphatic rings. The topological polar surface area (TPSA) is 76.6 Å². The lowest BCUT2D eigenvalue weighted by molar-refractivity contribution is -0.384. The molecular formula is C18H16N2O4S2. The number of nitrogens with zero attached hydrogens (tertiary/aromatic N) is 2. The SMILES string of the molecule is CC(C)(C)N1C(=O)C(=Cc2ccc(-c3ccccc3[N+](=O)[O-])o2)SC1=S. The van der Waals surface area contributed by atoms with Gasteiger partial charge in [0.25, 0.3) is 11.6 Å². The zero-order valence-corrected chi connectivity index (χ0v) is 16.0. The molecule has 0 radical (unpaired) electrons. The number of rotatable bonds is 3. The lowest BCUT2D eigenvalue weighted by atomic mass is 10.1. The van der Waals surface area contributed by atoms with Crippen molar-refractivity contribution in [1.82, 2.24) is 4.90 Å². The van der Waals surface area contributed by atoms with E-state index in [2.05, 4.69) is 0 Å². The first-order chi connectivity index (χ1) is 12.2. The molecule has 2 aromatic rings. The number of nitro groups is 1. The fraction of sp³-hybridized carbons (Fsp3) is 0.222. The maximum atomic E-state index is 12.6. The number of thioether (sulfide) groups is 1. The van der Waals surface area contributed by atoms with E-state index in [1.165, 1.54) is 17.8 Å². The molecule has 1 fully saturated rings. The average Bonchev–Trinajstić information content (AvgIpc) is 3.12. The zero-order valence-electron chi connectivity index (χ0n) is 14.4. The minimum Gasteiger partial charge on any atom is -0.456 e. The van der Waals surface area contributed by atoms with Crippen LogP contribution in [0.2, 0.25) is 0 Å². The number of nitro benzene ring substituents is 1. The molecule has 8 heteroatoms. The molecule has 134 valence electrons. The summed E-state index contributed by atoms with van der Waals surface area (Å²) >= 11 is 6.53. The summed E-state index contributed by atoms with van der Waals surface area (Å²) in [5.74, 6) is 0.638. The van der Waals surface area contributed by atoms with E-state index in [1.807, 2.05) is 20.8 Å². The molecule has 26 heavy (non-hydrogen) atoms. The second kappa shape index (κ2) is 6.69. The average molecular weight is 388 g/mol. The summed E-state index contributed by atoms with van der Waals surface area (Å²) in [5, 5.41) is 11.2. The van der Waals surface area contributed by atoms with Gasteiger partial charge < -0.3 is 4.42 Å². The molecule has 3 rings (SSSR count). The normalized spacial score (nSPS) is 16.6. The minimum absolute atomic E-state index is 0.0348. The van der Waals surface area contributed by atoms with Gasteiger partial charge >= 0.3 is 0 Å². The number of hydrogen-bond acceptors (Lipinski definition) is 6. The molecule has 1 aromatic heterocycles. The molecular weight excluding hydrogens is 372 g/mol. The van der Waals surface area contributed by atoms with E-state index in [0.717, 1.165) is 0 Å². The van der Waals surface area contributed by atoms with Crippen molar-refractivity contribution in [2.45, 2.75) is 26.3 Å². The van der Waals surface area contributed by atoms with Crippen LogP contribution >= 0.6 is 24.0 Å². The maximum Gasteiger partial charge on any atom is 0.280 e. The maximum absolute atomic E-state index is 12.6. The lowest BCUT2D eigenvalue weighted by Crippen LogP contribution is -2.44. The summed E-state index contributed by atoms with van der Waals surface area (Å²) in [6.45, 7) is 5.75. The Hall–Kier alpha value is -2.45. The third-order valence-electron chi connectivity index (χ3n) is 3.73. The van der Waals surface area contributed by atoms with Gasteiger partial charge in [0.15, 0.2) is 0 Å². The molecule has 0 bridgehead atoms. The van der Waals surface area contributed by atoms with Gasteiger partial charge in [-0.25, -0.2) is 0 Å². The van der Waals surface area contributed by atoms with Crippen molar-refractivity contribution in [3.63, 3.8) is 0 Å². The molecule has 6 nitrogen and oxygen atoms in total. The van der Waals surface area contributed by atoms with Gasteiger partial charge in [-0.05, 0) is 39.0 Å². The van der Waals surface area contributed by atoms with Crippen LogP contribution in [0.3, 0.4) is 0 Å². The number of thiocarbonyl (C=S) groups is 1. The Labute approximate surface area is 160 Å². The van der Waals surface area contributed by atoms with Gasteiger partial charge in [0.2, 0.25) is 0 Å². The fourth-order valence-electron chi connectivity index (χ4n) is 2.59. The van der Waals surface area contributed by atoms with Crippen LogP contribution in [0, 0.1) is 10.1 Å². The van der Waals surface area contributed by atoms with Crippen LogP contribution in [0.5, 0.6) is 0 Å². The van der Waals surface area contributed by atoms with Gasteiger partial charge in [0.1, 0.15) is 15.8 Å². The molecule has 2 heterocycles. The summed E-state index contributed by atoms with van der Waals surface area (Å²) in [4.78, 5) is 25.4. The monoisotopic (exact) mass is 388 g/mol. The van der Waals surface area contributed by atoms with Gasteiger partial charge in [-0.15, -0.1) is 0 Å². The number of carbonyl (C=O) groups is 1. The number of para-hydroxylation sites is 1. The Morgan fingerprint density at radius 1 is 1.23 bits per heavy atom. The molecule has 0 unspecified atom stereocenters. The zero-order chi connectivity index (χ0) is 19.1. The molecule has 1 aromatic carbocycles. The van der Waals surface area contributed by atoms with Crippen molar-refractivity contribution < 1.29 is 14.1 Å². The smallest absolute Gasteiger partial charge is 0.280 e. The second-order valence-corrected chi connectivity index (χ2v) is 8.34. The molecule has 1 amide bonds. The number of furan rings is 1. The van der Waals surface area contributed by atoms with E-state index in [9.17, 15) is 14.9 Å². The van der Waals surface area contributed by atoms with Gasteiger partial charge in [0.05, 0.1) is 15.4 Å².